The third kappa shape index (κ3) is 2.95. The summed E-state index contributed by atoms with van der Waals surface area (Å²) in [7, 11) is 0. The number of hydrogen-bond acceptors (Lipinski definition) is 2. The topological polar surface area (TPSA) is 35.2 Å². The maximum atomic E-state index is 5.86. The zero-order valence-electron chi connectivity index (χ0n) is 9.21. The van der Waals surface area contributed by atoms with E-state index in [0.717, 1.165) is 24.5 Å². The van der Waals surface area contributed by atoms with Gasteiger partial charge in [-0.25, -0.2) is 0 Å². The van der Waals surface area contributed by atoms with Crippen LogP contribution in [-0.2, 0) is 6.42 Å². The lowest BCUT2D eigenvalue weighted by molar-refractivity contribution is 0.272. The maximum Gasteiger partial charge on any atom is 0.142 e. The summed E-state index contributed by atoms with van der Waals surface area (Å²) in [6.45, 7) is 7.08. The van der Waals surface area contributed by atoms with Crippen LogP contribution in [0.15, 0.2) is 18.2 Å². The van der Waals surface area contributed by atoms with Crippen LogP contribution < -0.4 is 10.5 Å². The van der Waals surface area contributed by atoms with Gasteiger partial charge in [0.25, 0.3) is 0 Å². The van der Waals surface area contributed by atoms with E-state index in [9.17, 15) is 0 Å². The molecule has 0 aliphatic heterocycles. The molecule has 0 spiro atoms. The lowest BCUT2D eigenvalue weighted by Gasteiger charge is -2.11. The molecule has 0 unspecified atom stereocenters. The Balaban J connectivity index is 2.69. The fraction of sp³-hybridized carbons (Fsp3) is 0.500. The molecule has 0 saturated heterocycles. The smallest absolute Gasteiger partial charge is 0.142 e. The number of benzene rings is 1. The number of aryl methyl sites for hydroxylation is 1. The van der Waals surface area contributed by atoms with E-state index in [1.807, 2.05) is 12.1 Å². The van der Waals surface area contributed by atoms with E-state index in [0.29, 0.717) is 5.92 Å². The second kappa shape index (κ2) is 4.89. The van der Waals surface area contributed by atoms with Gasteiger partial charge in [0.1, 0.15) is 5.75 Å². The van der Waals surface area contributed by atoms with Gasteiger partial charge >= 0.3 is 0 Å². The monoisotopic (exact) mass is 193 g/mol. The minimum atomic E-state index is 0.528. The Bertz CT molecular complexity index is 294. The predicted octanol–water partition coefficient (Wildman–Crippen LogP) is 2.87. The molecule has 0 bridgehead atoms. The van der Waals surface area contributed by atoms with Gasteiger partial charge in [-0.05, 0) is 30.0 Å². The molecule has 0 saturated carbocycles. The third-order valence-electron chi connectivity index (χ3n) is 2.05. The second-order valence-electron chi connectivity index (χ2n) is 3.93. The van der Waals surface area contributed by atoms with E-state index in [-0.39, 0.29) is 0 Å². The van der Waals surface area contributed by atoms with Crippen molar-refractivity contribution in [3.63, 3.8) is 0 Å². The Morgan fingerprint density at radius 2 is 2.07 bits per heavy atom. The first kappa shape index (κ1) is 10.9. The van der Waals surface area contributed by atoms with E-state index < -0.39 is 0 Å². The molecule has 0 fully saturated rings. The molecule has 2 nitrogen and oxygen atoms in total. The van der Waals surface area contributed by atoms with Crippen LogP contribution in [0.5, 0.6) is 5.75 Å². The molecule has 0 aliphatic rings. The maximum absolute atomic E-state index is 5.86. The average Bonchev–Trinajstić information content (AvgIpc) is 2.15. The first-order chi connectivity index (χ1) is 6.63. The number of hydrogen-bond donors (Lipinski definition) is 1. The SMILES string of the molecule is CCc1ccc(OCC(C)C)c(N)c1. The van der Waals surface area contributed by atoms with Crippen molar-refractivity contribution in [1.82, 2.24) is 0 Å². The second-order valence-corrected chi connectivity index (χ2v) is 3.93. The van der Waals surface area contributed by atoms with Crippen molar-refractivity contribution in [2.45, 2.75) is 27.2 Å². The normalized spacial score (nSPS) is 10.6. The summed E-state index contributed by atoms with van der Waals surface area (Å²) in [5.41, 5.74) is 7.85. The summed E-state index contributed by atoms with van der Waals surface area (Å²) in [5.74, 6) is 1.33. The number of anilines is 1. The first-order valence-electron chi connectivity index (χ1n) is 5.14. The fourth-order valence-corrected chi connectivity index (χ4v) is 1.21. The number of nitrogen functional groups attached to an aromatic ring is 1. The molecule has 0 radical (unpaired) electrons. The Morgan fingerprint density at radius 1 is 1.36 bits per heavy atom. The Labute approximate surface area is 86.1 Å². The fourth-order valence-electron chi connectivity index (χ4n) is 1.21. The summed E-state index contributed by atoms with van der Waals surface area (Å²) >= 11 is 0. The Morgan fingerprint density at radius 3 is 2.57 bits per heavy atom. The molecule has 2 N–H and O–H groups in total. The van der Waals surface area contributed by atoms with Crippen LogP contribution in [0.25, 0.3) is 0 Å². The van der Waals surface area contributed by atoms with Crippen LogP contribution in [0.3, 0.4) is 0 Å². The van der Waals surface area contributed by atoms with Crippen molar-refractivity contribution in [3.8, 4) is 5.75 Å². The van der Waals surface area contributed by atoms with Crippen LogP contribution in [0.2, 0.25) is 0 Å². The summed E-state index contributed by atoms with van der Waals surface area (Å²) in [5, 5.41) is 0. The van der Waals surface area contributed by atoms with Crippen molar-refractivity contribution in [1.29, 1.82) is 0 Å². The van der Waals surface area contributed by atoms with E-state index >= 15 is 0 Å². The molecule has 0 aromatic heterocycles. The van der Waals surface area contributed by atoms with Crippen LogP contribution in [-0.4, -0.2) is 6.61 Å². The van der Waals surface area contributed by atoms with Crippen molar-refractivity contribution < 1.29 is 4.74 Å². The number of nitrogens with two attached hydrogens (primary N) is 1. The van der Waals surface area contributed by atoms with Crippen LogP contribution in [0, 0.1) is 5.92 Å². The van der Waals surface area contributed by atoms with Crippen molar-refractivity contribution in [3.05, 3.63) is 23.8 Å². The lowest BCUT2D eigenvalue weighted by atomic mass is 10.1. The Kier molecular flexibility index (Phi) is 3.81. The summed E-state index contributed by atoms with van der Waals surface area (Å²) in [6, 6.07) is 6.00. The van der Waals surface area contributed by atoms with Crippen LogP contribution in [0.1, 0.15) is 26.3 Å². The van der Waals surface area contributed by atoms with E-state index in [4.69, 9.17) is 10.5 Å². The van der Waals surface area contributed by atoms with Crippen molar-refractivity contribution >= 4 is 5.69 Å². The van der Waals surface area contributed by atoms with Gasteiger partial charge in [0, 0.05) is 0 Å². The van der Waals surface area contributed by atoms with Crippen LogP contribution >= 0.6 is 0 Å². The third-order valence-corrected chi connectivity index (χ3v) is 2.05. The van der Waals surface area contributed by atoms with Gasteiger partial charge in [0.15, 0.2) is 0 Å². The number of ether oxygens (including phenoxy) is 1. The highest BCUT2D eigenvalue weighted by atomic mass is 16.5. The first-order valence-corrected chi connectivity index (χ1v) is 5.14. The number of rotatable bonds is 4. The summed E-state index contributed by atoms with van der Waals surface area (Å²) in [4.78, 5) is 0. The lowest BCUT2D eigenvalue weighted by Crippen LogP contribution is -2.06. The Hall–Kier alpha value is -1.18. The molecular weight excluding hydrogens is 174 g/mol. The molecule has 2 heteroatoms. The molecule has 0 amide bonds. The molecule has 1 aromatic rings. The van der Waals surface area contributed by atoms with Gasteiger partial charge < -0.3 is 10.5 Å². The molecule has 14 heavy (non-hydrogen) atoms. The molecular formula is C12H19NO. The van der Waals surface area contributed by atoms with Crippen molar-refractivity contribution in [2.75, 3.05) is 12.3 Å². The van der Waals surface area contributed by atoms with Gasteiger partial charge in [-0.15, -0.1) is 0 Å². The highest BCUT2D eigenvalue weighted by molar-refractivity contribution is 5.54. The molecule has 1 aromatic carbocycles. The standard InChI is InChI=1S/C12H19NO/c1-4-10-5-6-12(11(13)7-10)14-8-9(2)3/h5-7,9H,4,8,13H2,1-3H3. The van der Waals surface area contributed by atoms with E-state index in [2.05, 4.69) is 26.8 Å². The van der Waals surface area contributed by atoms with E-state index in [1.54, 1.807) is 0 Å². The molecule has 1 rings (SSSR count). The van der Waals surface area contributed by atoms with Gasteiger partial charge in [0.2, 0.25) is 0 Å². The van der Waals surface area contributed by atoms with Crippen LogP contribution in [0.4, 0.5) is 5.69 Å². The largest absolute Gasteiger partial charge is 0.491 e. The predicted molar refractivity (Wildman–Crippen MR) is 60.6 cm³/mol. The van der Waals surface area contributed by atoms with Gasteiger partial charge in [-0.2, -0.15) is 0 Å². The minimum absolute atomic E-state index is 0.528. The summed E-state index contributed by atoms with van der Waals surface area (Å²) < 4.78 is 5.57. The average molecular weight is 193 g/mol. The molecule has 0 atom stereocenters. The zero-order valence-corrected chi connectivity index (χ0v) is 9.21. The van der Waals surface area contributed by atoms with E-state index in [1.165, 1.54) is 5.56 Å². The van der Waals surface area contributed by atoms with Gasteiger partial charge in [0.05, 0.1) is 12.3 Å². The summed E-state index contributed by atoms with van der Waals surface area (Å²) in [6.07, 6.45) is 1.01. The van der Waals surface area contributed by atoms with Crippen molar-refractivity contribution in [2.24, 2.45) is 5.92 Å². The van der Waals surface area contributed by atoms with Gasteiger partial charge in [-0.3, -0.25) is 0 Å². The zero-order chi connectivity index (χ0) is 10.6. The minimum Gasteiger partial charge on any atom is -0.491 e. The molecule has 0 heterocycles. The molecule has 78 valence electrons. The molecule has 0 aliphatic carbocycles. The highest BCUT2D eigenvalue weighted by Gasteiger charge is 2.02. The van der Waals surface area contributed by atoms with Gasteiger partial charge in [-0.1, -0.05) is 26.8 Å². The highest BCUT2D eigenvalue weighted by Crippen LogP contribution is 2.23. The quantitative estimate of drug-likeness (QED) is 0.746.